The van der Waals surface area contributed by atoms with Crippen LogP contribution in [0.3, 0.4) is 0 Å². The number of rotatable bonds is 3. The minimum absolute atomic E-state index is 0.351. The number of nitrogens with two attached hydrogens (primary N) is 1. The lowest BCUT2D eigenvalue weighted by Gasteiger charge is -2.23. The van der Waals surface area contributed by atoms with Crippen LogP contribution in [-0.4, -0.2) is 19.1 Å². The zero-order valence-corrected chi connectivity index (χ0v) is 8.31. The Labute approximate surface area is 83.2 Å². The van der Waals surface area contributed by atoms with Gasteiger partial charge in [0.2, 0.25) is 0 Å². The van der Waals surface area contributed by atoms with Crippen molar-refractivity contribution in [3.05, 3.63) is 30.3 Å². The molecule has 0 spiro atoms. The molecule has 0 unspecified atom stereocenters. The molecule has 4 heteroatoms. The van der Waals surface area contributed by atoms with Gasteiger partial charge in [-0.2, -0.15) is 0 Å². The van der Waals surface area contributed by atoms with Crippen LogP contribution < -0.4 is 10.9 Å². The molecule has 1 rings (SSSR count). The lowest BCUT2D eigenvalue weighted by Crippen LogP contribution is -2.44. The number of anilines is 1. The molecule has 1 atom stereocenters. The van der Waals surface area contributed by atoms with Crippen LogP contribution in [0.5, 0.6) is 0 Å². The van der Waals surface area contributed by atoms with Gasteiger partial charge in [-0.15, -0.1) is 0 Å². The molecule has 4 nitrogen and oxygen atoms in total. The van der Waals surface area contributed by atoms with Crippen LogP contribution in [0.1, 0.15) is 6.92 Å². The second-order valence-corrected chi connectivity index (χ2v) is 2.94. The molecule has 0 aliphatic rings. The van der Waals surface area contributed by atoms with Crippen molar-refractivity contribution in [2.45, 2.75) is 13.0 Å². The van der Waals surface area contributed by atoms with Crippen molar-refractivity contribution in [2.24, 2.45) is 5.84 Å². The summed E-state index contributed by atoms with van der Waals surface area (Å²) in [6.07, 6.45) is 0. The topological polar surface area (TPSA) is 55.6 Å². The first-order valence-electron chi connectivity index (χ1n) is 4.33. The van der Waals surface area contributed by atoms with Gasteiger partial charge in [0, 0.05) is 0 Å². The summed E-state index contributed by atoms with van der Waals surface area (Å²) in [5.41, 5.74) is 0.783. The summed E-state index contributed by atoms with van der Waals surface area (Å²) in [6.45, 7) is 1.69. The zero-order valence-electron chi connectivity index (χ0n) is 8.31. The molecular formula is C10H14N2O2. The second kappa shape index (κ2) is 4.62. The molecule has 0 bridgehead atoms. The van der Waals surface area contributed by atoms with Crippen LogP contribution >= 0.6 is 0 Å². The molecule has 0 fully saturated rings. The highest BCUT2D eigenvalue weighted by Crippen LogP contribution is 2.12. The fourth-order valence-electron chi connectivity index (χ4n) is 1.11. The zero-order chi connectivity index (χ0) is 10.6. The third kappa shape index (κ3) is 2.23. The number of ether oxygens (including phenoxy) is 1. The van der Waals surface area contributed by atoms with Gasteiger partial charge in [-0.3, -0.25) is 5.01 Å². The predicted molar refractivity (Wildman–Crippen MR) is 54.6 cm³/mol. The first kappa shape index (κ1) is 10.5. The minimum Gasteiger partial charge on any atom is -0.467 e. The molecule has 0 aromatic heterocycles. The molecule has 76 valence electrons. The van der Waals surface area contributed by atoms with Crippen molar-refractivity contribution < 1.29 is 9.53 Å². The highest BCUT2D eigenvalue weighted by atomic mass is 16.5. The first-order chi connectivity index (χ1) is 6.66. The molecular weight excluding hydrogens is 180 g/mol. The summed E-state index contributed by atoms with van der Waals surface area (Å²) in [6, 6.07) is 8.79. The first-order valence-corrected chi connectivity index (χ1v) is 4.33. The molecule has 0 aliphatic carbocycles. The monoisotopic (exact) mass is 194 g/mol. The maximum absolute atomic E-state index is 11.2. The van der Waals surface area contributed by atoms with E-state index < -0.39 is 6.04 Å². The van der Waals surface area contributed by atoms with E-state index in [1.165, 1.54) is 12.1 Å². The lowest BCUT2D eigenvalue weighted by atomic mass is 10.2. The fourth-order valence-corrected chi connectivity index (χ4v) is 1.11. The summed E-state index contributed by atoms with van der Waals surface area (Å²) in [7, 11) is 1.34. The van der Waals surface area contributed by atoms with Gasteiger partial charge in [-0.05, 0) is 19.1 Å². The van der Waals surface area contributed by atoms with E-state index in [0.717, 1.165) is 5.69 Å². The van der Waals surface area contributed by atoms with E-state index in [-0.39, 0.29) is 5.97 Å². The predicted octanol–water partition coefficient (Wildman–Crippen LogP) is 0.928. The van der Waals surface area contributed by atoms with Crippen molar-refractivity contribution in [1.29, 1.82) is 0 Å². The second-order valence-electron chi connectivity index (χ2n) is 2.94. The number of carbonyl (C=O) groups excluding carboxylic acids is 1. The third-order valence-electron chi connectivity index (χ3n) is 2.01. The normalized spacial score (nSPS) is 11.9. The van der Waals surface area contributed by atoms with Crippen LogP contribution in [0.15, 0.2) is 30.3 Å². The Morgan fingerprint density at radius 3 is 2.50 bits per heavy atom. The van der Waals surface area contributed by atoms with E-state index in [9.17, 15) is 4.79 Å². The molecule has 0 saturated heterocycles. The van der Waals surface area contributed by atoms with Crippen molar-refractivity contribution >= 4 is 11.7 Å². The Bertz CT molecular complexity index is 300. The smallest absolute Gasteiger partial charge is 0.329 e. The van der Waals surface area contributed by atoms with Crippen LogP contribution in [0.25, 0.3) is 0 Å². The van der Waals surface area contributed by atoms with E-state index in [4.69, 9.17) is 5.84 Å². The molecule has 1 aromatic rings. The van der Waals surface area contributed by atoms with E-state index in [1.54, 1.807) is 6.92 Å². The Morgan fingerprint density at radius 1 is 1.43 bits per heavy atom. The van der Waals surface area contributed by atoms with E-state index in [1.807, 2.05) is 30.3 Å². The maximum Gasteiger partial charge on any atom is 0.329 e. The van der Waals surface area contributed by atoms with Crippen LogP contribution in [0.4, 0.5) is 5.69 Å². The fraction of sp³-hybridized carbons (Fsp3) is 0.300. The standard InChI is InChI=1S/C10H14N2O2/c1-8(10(13)14-2)12(11)9-6-4-3-5-7-9/h3-8H,11H2,1-2H3/t8-/m1/s1. The van der Waals surface area contributed by atoms with Gasteiger partial charge in [0.05, 0.1) is 12.8 Å². The Hall–Kier alpha value is -1.55. The molecule has 0 heterocycles. The van der Waals surface area contributed by atoms with Gasteiger partial charge < -0.3 is 4.74 Å². The largest absolute Gasteiger partial charge is 0.467 e. The number of hydrogen-bond donors (Lipinski definition) is 1. The molecule has 2 N–H and O–H groups in total. The third-order valence-corrected chi connectivity index (χ3v) is 2.01. The number of carbonyl (C=O) groups is 1. The Balaban J connectivity index is 2.75. The van der Waals surface area contributed by atoms with Gasteiger partial charge >= 0.3 is 5.97 Å². The lowest BCUT2D eigenvalue weighted by molar-refractivity contribution is -0.141. The number of methoxy groups -OCH3 is 1. The van der Waals surface area contributed by atoms with E-state index >= 15 is 0 Å². The number of benzene rings is 1. The molecule has 0 saturated carbocycles. The summed E-state index contributed by atoms with van der Waals surface area (Å²) < 4.78 is 4.59. The Morgan fingerprint density at radius 2 is 2.00 bits per heavy atom. The van der Waals surface area contributed by atoms with E-state index in [0.29, 0.717) is 0 Å². The molecule has 1 aromatic carbocycles. The summed E-state index contributed by atoms with van der Waals surface area (Å²) in [5, 5.41) is 1.38. The molecule has 0 amide bonds. The number of hydrogen-bond acceptors (Lipinski definition) is 4. The number of para-hydroxylation sites is 1. The van der Waals surface area contributed by atoms with Gasteiger partial charge in [-0.1, -0.05) is 18.2 Å². The highest BCUT2D eigenvalue weighted by Gasteiger charge is 2.19. The van der Waals surface area contributed by atoms with Gasteiger partial charge in [0.25, 0.3) is 0 Å². The van der Waals surface area contributed by atoms with Crippen LogP contribution in [-0.2, 0) is 9.53 Å². The maximum atomic E-state index is 11.2. The molecule has 14 heavy (non-hydrogen) atoms. The van der Waals surface area contributed by atoms with Gasteiger partial charge in [0.1, 0.15) is 6.04 Å². The minimum atomic E-state index is -0.484. The number of esters is 1. The van der Waals surface area contributed by atoms with Crippen LogP contribution in [0.2, 0.25) is 0 Å². The molecule has 0 aliphatic heterocycles. The van der Waals surface area contributed by atoms with Gasteiger partial charge in [-0.25, -0.2) is 10.6 Å². The SMILES string of the molecule is COC(=O)[C@@H](C)N(N)c1ccccc1. The summed E-state index contributed by atoms with van der Waals surface area (Å²) >= 11 is 0. The van der Waals surface area contributed by atoms with Crippen molar-refractivity contribution in [3.63, 3.8) is 0 Å². The Kier molecular flexibility index (Phi) is 3.48. The molecule has 0 radical (unpaired) electrons. The van der Waals surface area contributed by atoms with Crippen molar-refractivity contribution in [2.75, 3.05) is 12.1 Å². The quantitative estimate of drug-likeness (QED) is 0.442. The van der Waals surface area contributed by atoms with Crippen molar-refractivity contribution in [1.82, 2.24) is 0 Å². The summed E-state index contributed by atoms with van der Waals surface area (Å²) in [5.74, 6) is 5.40. The average molecular weight is 194 g/mol. The van der Waals surface area contributed by atoms with Crippen LogP contribution in [0, 0.1) is 0 Å². The number of nitrogens with zero attached hydrogens (tertiary/aromatic N) is 1. The van der Waals surface area contributed by atoms with Crippen molar-refractivity contribution in [3.8, 4) is 0 Å². The number of hydrazine groups is 1. The van der Waals surface area contributed by atoms with E-state index in [2.05, 4.69) is 4.74 Å². The van der Waals surface area contributed by atoms with Gasteiger partial charge in [0.15, 0.2) is 0 Å². The average Bonchev–Trinajstić information content (AvgIpc) is 2.27. The summed E-state index contributed by atoms with van der Waals surface area (Å²) in [4.78, 5) is 11.2. The highest BCUT2D eigenvalue weighted by molar-refractivity contribution is 5.79.